The summed E-state index contributed by atoms with van der Waals surface area (Å²) in [4.78, 5) is 21.6. The summed E-state index contributed by atoms with van der Waals surface area (Å²) in [6.07, 6.45) is 0.996. The minimum Gasteiger partial charge on any atom is -0.487 e. The molecule has 2 saturated heterocycles. The number of pyridine rings is 1. The summed E-state index contributed by atoms with van der Waals surface area (Å²) in [7, 11) is -4.12. The van der Waals surface area contributed by atoms with Crippen LogP contribution in [0.2, 0.25) is 10.0 Å². The number of carbonyl (C=O) groups excluding carboxylic acids is 1. The Balaban J connectivity index is 1.34. The van der Waals surface area contributed by atoms with Crippen molar-refractivity contribution in [3.8, 4) is 5.75 Å². The first-order chi connectivity index (χ1) is 20.1. The number of nitrogens with zero attached hydrogens (tertiary/aromatic N) is 4. The number of ether oxygens (including phenoxy) is 1. The van der Waals surface area contributed by atoms with E-state index in [-0.39, 0.29) is 34.0 Å². The van der Waals surface area contributed by atoms with Gasteiger partial charge in [0, 0.05) is 60.9 Å². The number of aryl methyl sites for hydroxylation is 1. The van der Waals surface area contributed by atoms with Gasteiger partial charge in [-0.05, 0) is 51.0 Å². The van der Waals surface area contributed by atoms with Gasteiger partial charge in [0.2, 0.25) is 15.9 Å². The van der Waals surface area contributed by atoms with Crippen molar-refractivity contribution in [1.82, 2.24) is 24.4 Å². The first-order valence-corrected chi connectivity index (χ1v) is 16.2. The standard InChI is InChI=1S/C29H34Cl2N6O4S/c1-3-33-29(32)36-16-14-35(15-17-36)28(38)23-7-5-13-37(23)42(39,40)25-12-11-22(30)21(26(25)31)18-41-24-8-4-6-20-10-9-19(2)34-27(20)24/h4,6,8-12,23H,3,5,7,13-18H2,1-2H3,(H2,32,33)/t23-/m0/s1. The highest BCUT2D eigenvalue weighted by Gasteiger charge is 2.42. The van der Waals surface area contributed by atoms with Crippen molar-refractivity contribution in [1.29, 1.82) is 5.41 Å². The van der Waals surface area contributed by atoms with Crippen LogP contribution in [-0.2, 0) is 21.4 Å². The second-order valence-electron chi connectivity index (χ2n) is 10.4. The SMILES string of the molecule is CCNC(=N)N1CCN(C(=O)[C@@H]2CCCN2S(=O)(=O)c2ccc(Cl)c(COc3cccc4ccc(C)nc34)c2Cl)CC1. The molecular formula is C29H34Cl2N6O4S. The van der Waals surface area contributed by atoms with Gasteiger partial charge in [-0.2, -0.15) is 4.31 Å². The summed E-state index contributed by atoms with van der Waals surface area (Å²) in [6.45, 7) is 6.48. The van der Waals surface area contributed by atoms with Gasteiger partial charge in [-0.15, -0.1) is 0 Å². The molecule has 2 aliphatic rings. The molecule has 3 aromatic rings. The quantitative estimate of drug-likeness (QED) is 0.295. The van der Waals surface area contributed by atoms with Crippen LogP contribution in [0.25, 0.3) is 10.9 Å². The molecule has 2 aliphatic heterocycles. The number of fused-ring (bicyclic) bond motifs is 1. The number of aromatic nitrogens is 1. The van der Waals surface area contributed by atoms with Gasteiger partial charge >= 0.3 is 0 Å². The van der Waals surface area contributed by atoms with Crippen LogP contribution in [-0.4, -0.2) is 84.7 Å². The topological polar surface area (TPSA) is 119 Å². The van der Waals surface area contributed by atoms with E-state index in [0.29, 0.717) is 68.4 Å². The largest absolute Gasteiger partial charge is 0.487 e. The van der Waals surface area contributed by atoms with E-state index in [1.165, 1.54) is 16.4 Å². The number of hydrogen-bond acceptors (Lipinski definition) is 6. The predicted molar refractivity (Wildman–Crippen MR) is 164 cm³/mol. The van der Waals surface area contributed by atoms with Gasteiger partial charge in [-0.25, -0.2) is 13.4 Å². The van der Waals surface area contributed by atoms with Gasteiger partial charge in [-0.1, -0.05) is 41.4 Å². The summed E-state index contributed by atoms with van der Waals surface area (Å²) >= 11 is 13.2. The third kappa shape index (κ3) is 6.01. The first-order valence-electron chi connectivity index (χ1n) is 14.0. The van der Waals surface area contributed by atoms with Gasteiger partial charge in [0.05, 0.1) is 5.02 Å². The van der Waals surface area contributed by atoms with Gasteiger partial charge in [0.25, 0.3) is 0 Å². The van der Waals surface area contributed by atoms with Crippen molar-refractivity contribution >= 4 is 56.0 Å². The van der Waals surface area contributed by atoms with Crippen molar-refractivity contribution in [2.45, 2.75) is 44.2 Å². The molecule has 42 heavy (non-hydrogen) atoms. The minimum atomic E-state index is -4.12. The van der Waals surface area contributed by atoms with E-state index in [4.69, 9.17) is 33.3 Å². The fraction of sp³-hybridized carbons (Fsp3) is 0.414. The van der Waals surface area contributed by atoms with E-state index in [1.54, 1.807) is 11.0 Å². The normalized spacial score (nSPS) is 18.0. The van der Waals surface area contributed by atoms with E-state index in [2.05, 4.69) is 10.3 Å². The lowest BCUT2D eigenvalue weighted by atomic mass is 10.2. The Labute approximate surface area is 256 Å². The molecule has 0 radical (unpaired) electrons. The Kier molecular flexibility index (Phi) is 9.12. The Hall–Kier alpha value is -3.12. The lowest BCUT2D eigenvalue weighted by Crippen LogP contribution is -2.56. The molecule has 1 aromatic heterocycles. The Morgan fingerprint density at radius 1 is 1.07 bits per heavy atom. The number of para-hydroxylation sites is 1. The molecule has 0 unspecified atom stereocenters. The fourth-order valence-corrected chi connectivity index (χ4v) is 7.95. The summed E-state index contributed by atoms with van der Waals surface area (Å²) in [5.41, 5.74) is 1.86. The molecule has 224 valence electrons. The maximum atomic E-state index is 13.9. The molecule has 1 atom stereocenters. The summed E-state index contributed by atoms with van der Waals surface area (Å²) < 4.78 is 35.2. The molecule has 5 rings (SSSR count). The number of benzene rings is 2. The summed E-state index contributed by atoms with van der Waals surface area (Å²) in [6, 6.07) is 11.5. The Bertz CT molecular complexity index is 1610. The molecule has 2 fully saturated rings. The number of carbonyl (C=O) groups is 1. The van der Waals surface area contributed by atoms with Crippen LogP contribution in [0.5, 0.6) is 5.75 Å². The lowest BCUT2D eigenvalue weighted by Gasteiger charge is -2.38. The smallest absolute Gasteiger partial charge is 0.245 e. The van der Waals surface area contributed by atoms with E-state index in [9.17, 15) is 13.2 Å². The zero-order valence-corrected chi connectivity index (χ0v) is 25.9. The Morgan fingerprint density at radius 3 is 2.55 bits per heavy atom. The maximum absolute atomic E-state index is 13.9. The lowest BCUT2D eigenvalue weighted by molar-refractivity contribution is -0.135. The molecule has 3 heterocycles. The number of hydrogen-bond donors (Lipinski definition) is 2. The van der Waals surface area contributed by atoms with Crippen molar-refractivity contribution in [3.63, 3.8) is 0 Å². The number of amides is 1. The van der Waals surface area contributed by atoms with E-state index >= 15 is 0 Å². The van der Waals surface area contributed by atoms with E-state index in [0.717, 1.165) is 11.1 Å². The van der Waals surface area contributed by atoms with Crippen LogP contribution < -0.4 is 10.1 Å². The van der Waals surface area contributed by atoms with Gasteiger partial charge in [-0.3, -0.25) is 10.2 Å². The maximum Gasteiger partial charge on any atom is 0.245 e. The molecule has 2 N–H and O–H groups in total. The molecule has 13 heteroatoms. The van der Waals surface area contributed by atoms with Gasteiger partial charge in [0.15, 0.2) is 5.96 Å². The van der Waals surface area contributed by atoms with Crippen molar-refractivity contribution in [3.05, 3.63) is 63.8 Å². The molecule has 0 bridgehead atoms. The molecule has 0 aliphatic carbocycles. The number of piperazine rings is 1. The average molecular weight is 634 g/mol. The fourth-order valence-electron chi connectivity index (χ4n) is 5.43. The number of nitrogens with one attached hydrogen (secondary N) is 2. The van der Waals surface area contributed by atoms with Gasteiger partial charge < -0.3 is 19.9 Å². The highest BCUT2D eigenvalue weighted by Crippen LogP contribution is 2.37. The monoisotopic (exact) mass is 632 g/mol. The van der Waals surface area contributed by atoms with Crippen LogP contribution in [0.1, 0.15) is 31.0 Å². The molecule has 0 saturated carbocycles. The van der Waals surface area contributed by atoms with Crippen LogP contribution in [0.4, 0.5) is 0 Å². The van der Waals surface area contributed by atoms with Gasteiger partial charge in [0.1, 0.15) is 28.8 Å². The predicted octanol–water partition coefficient (Wildman–Crippen LogP) is 4.27. The summed E-state index contributed by atoms with van der Waals surface area (Å²) in [5, 5.41) is 12.2. The van der Waals surface area contributed by atoms with E-state index < -0.39 is 16.1 Å². The van der Waals surface area contributed by atoms with Crippen LogP contribution in [0.3, 0.4) is 0 Å². The number of rotatable bonds is 7. The molecule has 2 aromatic carbocycles. The first kappa shape index (κ1) is 30.3. The molecular weight excluding hydrogens is 599 g/mol. The second kappa shape index (κ2) is 12.6. The minimum absolute atomic E-state index is 0.0273. The average Bonchev–Trinajstić information content (AvgIpc) is 3.48. The zero-order valence-electron chi connectivity index (χ0n) is 23.6. The van der Waals surface area contributed by atoms with Crippen molar-refractivity contribution < 1.29 is 17.9 Å². The van der Waals surface area contributed by atoms with Crippen LogP contribution in [0, 0.1) is 12.3 Å². The van der Waals surface area contributed by atoms with Crippen molar-refractivity contribution in [2.75, 3.05) is 39.3 Å². The number of halogens is 2. The van der Waals surface area contributed by atoms with E-state index in [1.807, 2.05) is 43.0 Å². The second-order valence-corrected chi connectivity index (χ2v) is 13.0. The number of sulfonamides is 1. The van der Waals surface area contributed by atoms with Crippen LogP contribution in [0.15, 0.2) is 47.4 Å². The third-order valence-corrected chi connectivity index (χ3v) is 10.5. The number of guanidine groups is 1. The highest BCUT2D eigenvalue weighted by atomic mass is 35.5. The summed E-state index contributed by atoms with van der Waals surface area (Å²) in [5.74, 6) is 0.638. The third-order valence-electron chi connectivity index (χ3n) is 7.67. The molecule has 10 nitrogen and oxygen atoms in total. The van der Waals surface area contributed by atoms with Crippen LogP contribution >= 0.6 is 23.2 Å². The van der Waals surface area contributed by atoms with Crippen molar-refractivity contribution in [2.24, 2.45) is 0 Å². The zero-order chi connectivity index (χ0) is 30.0. The molecule has 0 spiro atoms. The Morgan fingerprint density at radius 2 is 1.81 bits per heavy atom. The highest BCUT2D eigenvalue weighted by molar-refractivity contribution is 7.89. The molecule has 1 amide bonds.